The zero-order valence-electron chi connectivity index (χ0n) is 9.57. The van der Waals surface area contributed by atoms with Crippen LogP contribution in [0.15, 0.2) is 36.7 Å². The van der Waals surface area contributed by atoms with E-state index < -0.39 is 0 Å². The molecule has 0 aliphatic rings. The van der Waals surface area contributed by atoms with Gasteiger partial charge in [-0.05, 0) is 42.3 Å². The second-order valence-corrected chi connectivity index (χ2v) is 4.32. The molecule has 0 saturated carbocycles. The molecule has 0 fully saturated rings. The van der Waals surface area contributed by atoms with Crippen molar-refractivity contribution in [3.63, 3.8) is 0 Å². The van der Waals surface area contributed by atoms with Crippen molar-refractivity contribution in [3.05, 3.63) is 52.8 Å². The number of halogens is 1. The maximum absolute atomic E-state index is 5.86. The van der Waals surface area contributed by atoms with Gasteiger partial charge in [0.15, 0.2) is 0 Å². The van der Waals surface area contributed by atoms with E-state index >= 15 is 0 Å². The number of anilines is 2. The van der Waals surface area contributed by atoms with Crippen molar-refractivity contribution in [2.24, 2.45) is 0 Å². The van der Waals surface area contributed by atoms with Crippen LogP contribution in [0, 0.1) is 6.92 Å². The summed E-state index contributed by atoms with van der Waals surface area (Å²) in [6, 6.07) is 7.42. The molecule has 17 heavy (non-hydrogen) atoms. The van der Waals surface area contributed by atoms with Gasteiger partial charge >= 0.3 is 0 Å². The van der Waals surface area contributed by atoms with Crippen molar-refractivity contribution in [1.29, 1.82) is 0 Å². The van der Waals surface area contributed by atoms with Crippen molar-refractivity contribution >= 4 is 23.0 Å². The zero-order valence-corrected chi connectivity index (χ0v) is 10.3. The Balaban J connectivity index is 2.10. The lowest BCUT2D eigenvalue weighted by Crippen LogP contribution is -2.04. The van der Waals surface area contributed by atoms with Gasteiger partial charge in [0.25, 0.3) is 0 Å². The van der Waals surface area contributed by atoms with Crippen LogP contribution in [0.2, 0.25) is 5.02 Å². The van der Waals surface area contributed by atoms with E-state index in [2.05, 4.69) is 17.2 Å². The molecule has 2 rings (SSSR count). The molecule has 0 radical (unpaired) electrons. The Kier molecular flexibility index (Phi) is 3.49. The normalized spacial score (nSPS) is 10.2. The Labute approximate surface area is 106 Å². The van der Waals surface area contributed by atoms with Gasteiger partial charge < -0.3 is 11.1 Å². The molecule has 3 N–H and O–H groups in total. The van der Waals surface area contributed by atoms with Crippen LogP contribution in [-0.2, 0) is 6.54 Å². The first-order valence-electron chi connectivity index (χ1n) is 5.35. The van der Waals surface area contributed by atoms with E-state index in [1.165, 1.54) is 5.56 Å². The first kappa shape index (κ1) is 11.7. The molecule has 88 valence electrons. The number of aryl methyl sites for hydroxylation is 1. The van der Waals surface area contributed by atoms with Crippen LogP contribution >= 0.6 is 11.6 Å². The van der Waals surface area contributed by atoms with Gasteiger partial charge in [-0.2, -0.15) is 0 Å². The third kappa shape index (κ3) is 2.88. The van der Waals surface area contributed by atoms with Crippen molar-refractivity contribution in [1.82, 2.24) is 4.98 Å². The average molecular weight is 248 g/mol. The van der Waals surface area contributed by atoms with Crippen LogP contribution in [0.25, 0.3) is 0 Å². The van der Waals surface area contributed by atoms with Gasteiger partial charge in [0.05, 0.1) is 11.4 Å². The number of nitrogens with two attached hydrogens (primary N) is 1. The predicted octanol–water partition coefficient (Wildman–Crippen LogP) is 3.24. The molecule has 0 atom stereocenters. The summed E-state index contributed by atoms with van der Waals surface area (Å²) in [7, 11) is 0. The van der Waals surface area contributed by atoms with Gasteiger partial charge in [-0.1, -0.05) is 11.6 Å². The number of nitrogen functional groups attached to an aromatic ring is 1. The van der Waals surface area contributed by atoms with Gasteiger partial charge in [0, 0.05) is 24.0 Å². The second-order valence-electron chi connectivity index (χ2n) is 3.89. The van der Waals surface area contributed by atoms with Gasteiger partial charge in [-0.15, -0.1) is 0 Å². The van der Waals surface area contributed by atoms with Gasteiger partial charge in [0.1, 0.15) is 0 Å². The molecule has 1 aromatic heterocycles. The van der Waals surface area contributed by atoms with Crippen molar-refractivity contribution in [2.45, 2.75) is 13.5 Å². The van der Waals surface area contributed by atoms with Gasteiger partial charge in [-0.3, -0.25) is 4.98 Å². The molecule has 0 unspecified atom stereocenters. The Morgan fingerprint density at radius 2 is 2.18 bits per heavy atom. The Morgan fingerprint density at radius 1 is 1.35 bits per heavy atom. The van der Waals surface area contributed by atoms with E-state index in [4.69, 9.17) is 17.3 Å². The fourth-order valence-electron chi connectivity index (χ4n) is 1.57. The first-order valence-corrected chi connectivity index (χ1v) is 5.73. The summed E-state index contributed by atoms with van der Waals surface area (Å²) in [6.45, 7) is 2.76. The summed E-state index contributed by atoms with van der Waals surface area (Å²) in [5, 5.41) is 3.92. The standard InChI is InChI=1S/C13H14ClN3/c1-9-4-5-16-7-10(9)8-17-13-3-2-11(14)6-12(13)15/h2-7,17H,8,15H2,1H3. The maximum atomic E-state index is 5.86. The summed E-state index contributed by atoms with van der Waals surface area (Å²) in [4.78, 5) is 4.10. The van der Waals surface area contributed by atoms with E-state index in [0.29, 0.717) is 17.3 Å². The molecule has 0 bridgehead atoms. The lowest BCUT2D eigenvalue weighted by molar-refractivity contribution is 1.08. The van der Waals surface area contributed by atoms with Crippen LogP contribution in [0.1, 0.15) is 11.1 Å². The third-order valence-electron chi connectivity index (χ3n) is 2.63. The van der Waals surface area contributed by atoms with Crippen LogP contribution in [0.5, 0.6) is 0 Å². The van der Waals surface area contributed by atoms with Gasteiger partial charge in [0.2, 0.25) is 0 Å². The highest BCUT2D eigenvalue weighted by Crippen LogP contribution is 2.23. The molecule has 1 heterocycles. The Morgan fingerprint density at radius 3 is 2.88 bits per heavy atom. The van der Waals surface area contributed by atoms with Crippen LogP contribution in [0.4, 0.5) is 11.4 Å². The summed E-state index contributed by atoms with van der Waals surface area (Å²) in [5.74, 6) is 0. The second kappa shape index (κ2) is 5.06. The van der Waals surface area contributed by atoms with E-state index in [0.717, 1.165) is 11.3 Å². The molecule has 3 nitrogen and oxygen atoms in total. The summed E-state index contributed by atoms with van der Waals surface area (Å²) < 4.78 is 0. The van der Waals surface area contributed by atoms with Crippen LogP contribution in [-0.4, -0.2) is 4.98 Å². The molecular weight excluding hydrogens is 234 g/mol. The molecule has 2 aromatic rings. The highest BCUT2D eigenvalue weighted by Gasteiger charge is 2.01. The smallest absolute Gasteiger partial charge is 0.0577 e. The molecule has 0 spiro atoms. The van der Waals surface area contributed by atoms with Crippen molar-refractivity contribution < 1.29 is 0 Å². The number of benzene rings is 1. The molecule has 0 aliphatic heterocycles. The Hall–Kier alpha value is -1.74. The van der Waals surface area contributed by atoms with Crippen molar-refractivity contribution in [3.8, 4) is 0 Å². The fraction of sp³-hybridized carbons (Fsp3) is 0.154. The first-order chi connectivity index (χ1) is 8.16. The minimum Gasteiger partial charge on any atom is -0.397 e. The minimum atomic E-state index is 0.644. The van der Waals surface area contributed by atoms with Crippen molar-refractivity contribution in [2.75, 3.05) is 11.1 Å². The van der Waals surface area contributed by atoms with E-state index in [-0.39, 0.29) is 0 Å². The summed E-state index contributed by atoms with van der Waals surface area (Å²) >= 11 is 5.84. The Bertz CT molecular complexity index is 526. The number of hydrogen-bond donors (Lipinski definition) is 2. The monoisotopic (exact) mass is 247 g/mol. The summed E-state index contributed by atoms with van der Waals surface area (Å²) in [5.41, 5.74) is 9.76. The number of hydrogen-bond acceptors (Lipinski definition) is 3. The number of nitrogens with one attached hydrogen (secondary N) is 1. The lowest BCUT2D eigenvalue weighted by atomic mass is 10.1. The van der Waals surface area contributed by atoms with E-state index in [1.54, 1.807) is 12.3 Å². The van der Waals surface area contributed by atoms with E-state index in [1.807, 2.05) is 24.4 Å². The highest BCUT2D eigenvalue weighted by atomic mass is 35.5. The topological polar surface area (TPSA) is 50.9 Å². The molecule has 0 aliphatic carbocycles. The third-order valence-corrected chi connectivity index (χ3v) is 2.87. The SMILES string of the molecule is Cc1ccncc1CNc1ccc(Cl)cc1N. The summed E-state index contributed by atoms with van der Waals surface area (Å²) in [6.07, 6.45) is 3.64. The quantitative estimate of drug-likeness (QED) is 0.819. The van der Waals surface area contributed by atoms with Gasteiger partial charge in [-0.25, -0.2) is 0 Å². The number of rotatable bonds is 3. The maximum Gasteiger partial charge on any atom is 0.0577 e. The molecule has 0 saturated heterocycles. The minimum absolute atomic E-state index is 0.644. The predicted molar refractivity (Wildman–Crippen MR) is 72.2 cm³/mol. The van der Waals surface area contributed by atoms with Crippen LogP contribution in [0.3, 0.4) is 0 Å². The molecular formula is C13H14ClN3. The largest absolute Gasteiger partial charge is 0.397 e. The van der Waals surface area contributed by atoms with E-state index in [9.17, 15) is 0 Å². The highest BCUT2D eigenvalue weighted by molar-refractivity contribution is 6.31. The number of nitrogens with zero attached hydrogens (tertiary/aromatic N) is 1. The lowest BCUT2D eigenvalue weighted by Gasteiger charge is -2.10. The molecule has 1 aromatic carbocycles. The number of pyridine rings is 1. The average Bonchev–Trinajstić information content (AvgIpc) is 2.30. The molecule has 0 amide bonds. The zero-order chi connectivity index (χ0) is 12.3. The van der Waals surface area contributed by atoms with Crippen LogP contribution < -0.4 is 11.1 Å². The molecule has 4 heteroatoms. The number of aromatic nitrogens is 1. The fourth-order valence-corrected chi connectivity index (χ4v) is 1.75.